The highest BCUT2D eigenvalue weighted by molar-refractivity contribution is 5.74. The van der Waals surface area contributed by atoms with Crippen LogP contribution in [0.1, 0.15) is 47.7 Å². The van der Waals surface area contributed by atoms with Crippen molar-refractivity contribution in [3.05, 3.63) is 52.6 Å². The van der Waals surface area contributed by atoms with E-state index in [-0.39, 0.29) is 17.9 Å². The molecule has 5 nitrogen and oxygen atoms in total. The number of nitrogens with zero attached hydrogens (tertiary/aromatic N) is 1. The van der Waals surface area contributed by atoms with E-state index in [1.807, 2.05) is 19.2 Å². The van der Waals surface area contributed by atoms with E-state index in [0.717, 1.165) is 48.9 Å². The van der Waals surface area contributed by atoms with E-state index in [0.29, 0.717) is 6.54 Å². The van der Waals surface area contributed by atoms with Gasteiger partial charge in [-0.2, -0.15) is 5.10 Å². The molecule has 0 saturated heterocycles. The molecule has 0 unspecified atom stereocenters. The summed E-state index contributed by atoms with van der Waals surface area (Å²) in [5.74, 6) is -0.252. The fourth-order valence-corrected chi connectivity index (χ4v) is 3.24. The fourth-order valence-electron chi connectivity index (χ4n) is 3.24. The van der Waals surface area contributed by atoms with Gasteiger partial charge in [0.2, 0.25) is 0 Å². The summed E-state index contributed by atoms with van der Waals surface area (Å²) in [5, 5.41) is 12.7. The van der Waals surface area contributed by atoms with Gasteiger partial charge >= 0.3 is 6.03 Å². The topological polar surface area (TPSA) is 69.8 Å². The molecule has 2 aromatic rings. The number of aromatic amines is 1. The quantitative estimate of drug-likeness (QED) is 0.737. The first-order valence-electron chi connectivity index (χ1n) is 8.45. The molecule has 6 heteroatoms. The van der Waals surface area contributed by atoms with Gasteiger partial charge in [-0.1, -0.05) is 6.07 Å². The molecule has 1 heterocycles. The van der Waals surface area contributed by atoms with E-state index >= 15 is 0 Å². The number of carbonyl (C=O) groups is 1. The van der Waals surface area contributed by atoms with Gasteiger partial charge in [-0.25, -0.2) is 9.18 Å². The summed E-state index contributed by atoms with van der Waals surface area (Å²) < 4.78 is 13.5. The van der Waals surface area contributed by atoms with Crippen LogP contribution in [0.15, 0.2) is 24.4 Å². The minimum absolute atomic E-state index is 0.111. The van der Waals surface area contributed by atoms with Crippen LogP contribution in [0.4, 0.5) is 9.18 Å². The van der Waals surface area contributed by atoms with E-state index in [4.69, 9.17) is 0 Å². The van der Waals surface area contributed by atoms with Crippen LogP contribution >= 0.6 is 0 Å². The summed E-state index contributed by atoms with van der Waals surface area (Å²) in [6.07, 6.45) is 6.34. The third-order valence-corrected chi connectivity index (χ3v) is 4.57. The SMILES string of the molecule is Cc1[nH]ncc1CCCNC(=O)N[C@H]1CCCc2ccc(F)cc21. The lowest BCUT2D eigenvalue weighted by molar-refractivity contribution is 0.235. The molecule has 0 aliphatic heterocycles. The Bertz CT molecular complexity index is 713. The highest BCUT2D eigenvalue weighted by Crippen LogP contribution is 2.30. The summed E-state index contributed by atoms with van der Waals surface area (Å²) in [4.78, 5) is 12.1. The molecule has 1 aliphatic carbocycles. The normalized spacial score (nSPS) is 16.5. The molecule has 0 radical (unpaired) electrons. The van der Waals surface area contributed by atoms with Crippen LogP contribution in [-0.4, -0.2) is 22.8 Å². The van der Waals surface area contributed by atoms with E-state index in [1.165, 1.54) is 11.6 Å². The molecular weight excluding hydrogens is 307 g/mol. The van der Waals surface area contributed by atoms with Crippen molar-refractivity contribution in [1.29, 1.82) is 0 Å². The number of benzene rings is 1. The number of halogens is 1. The van der Waals surface area contributed by atoms with Crippen LogP contribution in [-0.2, 0) is 12.8 Å². The lowest BCUT2D eigenvalue weighted by Gasteiger charge is -2.26. The molecule has 3 rings (SSSR count). The molecule has 1 aliphatic rings. The zero-order valence-corrected chi connectivity index (χ0v) is 13.9. The van der Waals surface area contributed by atoms with Crippen LogP contribution in [0, 0.1) is 12.7 Å². The number of aryl methyl sites for hydroxylation is 3. The maximum atomic E-state index is 13.5. The number of aromatic nitrogens is 2. The maximum absolute atomic E-state index is 13.5. The van der Waals surface area contributed by atoms with Gasteiger partial charge in [0.1, 0.15) is 5.82 Å². The van der Waals surface area contributed by atoms with Gasteiger partial charge in [0, 0.05) is 12.2 Å². The fraction of sp³-hybridized carbons (Fsp3) is 0.444. The molecule has 1 aromatic heterocycles. The molecule has 2 amide bonds. The highest BCUT2D eigenvalue weighted by atomic mass is 19.1. The predicted molar refractivity (Wildman–Crippen MR) is 90.3 cm³/mol. The number of carbonyl (C=O) groups excluding carboxylic acids is 1. The van der Waals surface area contributed by atoms with Gasteiger partial charge in [0.05, 0.1) is 12.2 Å². The minimum Gasteiger partial charge on any atom is -0.338 e. The van der Waals surface area contributed by atoms with E-state index in [2.05, 4.69) is 20.8 Å². The van der Waals surface area contributed by atoms with E-state index in [1.54, 1.807) is 6.07 Å². The summed E-state index contributed by atoms with van der Waals surface area (Å²) in [5.41, 5.74) is 4.28. The van der Waals surface area contributed by atoms with Gasteiger partial charge in [0.15, 0.2) is 0 Å². The standard InChI is InChI=1S/C18H23FN4O/c1-12-14(11-21-23-12)5-3-9-20-18(24)22-17-6-2-4-13-7-8-15(19)10-16(13)17/h7-8,10-11,17H,2-6,9H2,1H3,(H,21,23)(H2,20,22,24)/t17-/m0/s1. The van der Waals surface area contributed by atoms with Gasteiger partial charge in [-0.3, -0.25) is 5.10 Å². The van der Waals surface area contributed by atoms with Crippen molar-refractivity contribution in [2.24, 2.45) is 0 Å². The zero-order valence-electron chi connectivity index (χ0n) is 13.9. The number of amides is 2. The number of H-pyrrole nitrogens is 1. The number of nitrogens with one attached hydrogen (secondary N) is 3. The lowest BCUT2D eigenvalue weighted by Crippen LogP contribution is -2.39. The van der Waals surface area contributed by atoms with Crippen molar-refractivity contribution >= 4 is 6.03 Å². The molecule has 0 fully saturated rings. The summed E-state index contributed by atoms with van der Waals surface area (Å²) in [6, 6.07) is 4.55. The number of fused-ring (bicyclic) bond motifs is 1. The molecule has 128 valence electrons. The van der Waals surface area contributed by atoms with Crippen molar-refractivity contribution < 1.29 is 9.18 Å². The Kier molecular flexibility index (Phi) is 5.13. The van der Waals surface area contributed by atoms with Gasteiger partial charge in [-0.15, -0.1) is 0 Å². The minimum atomic E-state index is -0.252. The molecule has 1 aromatic carbocycles. The molecule has 0 spiro atoms. The van der Waals surface area contributed by atoms with Gasteiger partial charge < -0.3 is 10.6 Å². The third kappa shape index (κ3) is 3.93. The Labute approximate surface area is 141 Å². The van der Waals surface area contributed by atoms with Crippen molar-refractivity contribution in [3.63, 3.8) is 0 Å². The van der Waals surface area contributed by atoms with Gasteiger partial charge in [0.25, 0.3) is 0 Å². The summed E-state index contributed by atoms with van der Waals surface area (Å²) in [6.45, 7) is 2.58. The van der Waals surface area contributed by atoms with Crippen LogP contribution < -0.4 is 10.6 Å². The van der Waals surface area contributed by atoms with E-state index in [9.17, 15) is 9.18 Å². The Balaban J connectivity index is 1.47. The third-order valence-electron chi connectivity index (χ3n) is 4.57. The molecule has 0 bridgehead atoms. The maximum Gasteiger partial charge on any atom is 0.315 e. The average Bonchev–Trinajstić information content (AvgIpc) is 2.97. The van der Waals surface area contributed by atoms with Crippen LogP contribution in [0.5, 0.6) is 0 Å². The van der Waals surface area contributed by atoms with Crippen LogP contribution in [0.2, 0.25) is 0 Å². The molecule has 0 saturated carbocycles. The number of hydrogen-bond donors (Lipinski definition) is 3. The number of hydrogen-bond acceptors (Lipinski definition) is 2. The Morgan fingerprint density at radius 1 is 1.46 bits per heavy atom. The summed E-state index contributed by atoms with van der Waals surface area (Å²) >= 11 is 0. The monoisotopic (exact) mass is 330 g/mol. The average molecular weight is 330 g/mol. The van der Waals surface area contributed by atoms with Crippen LogP contribution in [0.3, 0.4) is 0 Å². The smallest absolute Gasteiger partial charge is 0.315 e. The Morgan fingerprint density at radius 2 is 2.33 bits per heavy atom. The summed E-state index contributed by atoms with van der Waals surface area (Å²) in [7, 11) is 0. The first kappa shape index (κ1) is 16.5. The Hall–Kier alpha value is -2.37. The van der Waals surface area contributed by atoms with E-state index < -0.39 is 0 Å². The van der Waals surface area contributed by atoms with Gasteiger partial charge in [-0.05, 0) is 67.9 Å². The van der Waals surface area contributed by atoms with Crippen molar-refractivity contribution in [1.82, 2.24) is 20.8 Å². The molecular formula is C18H23FN4O. The zero-order chi connectivity index (χ0) is 16.9. The van der Waals surface area contributed by atoms with Crippen molar-refractivity contribution in [2.75, 3.05) is 6.54 Å². The van der Waals surface area contributed by atoms with Crippen molar-refractivity contribution in [2.45, 2.75) is 45.1 Å². The number of urea groups is 1. The predicted octanol–water partition coefficient (Wildman–Crippen LogP) is 3.17. The van der Waals surface area contributed by atoms with Crippen LogP contribution in [0.25, 0.3) is 0 Å². The molecule has 24 heavy (non-hydrogen) atoms. The first-order valence-corrected chi connectivity index (χ1v) is 8.45. The largest absolute Gasteiger partial charge is 0.338 e. The lowest BCUT2D eigenvalue weighted by atomic mass is 9.87. The number of rotatable bonds is 5. The highest BCUT2D eigenvalue weighted by Gasteiger charge is 2.22. The second kappa shape index (κ2) is 7.47. The second-order valence-corrected chi connectivity index (χ2v) is 6.31. The second-order valence-electron chi connectivity index (χ2n) is 6.31. The Morgan fingerprint density at radius 3 is 3.12 bits per heavy atom. The first-order chi connectivity index (χ1) is 11.6. The molecule has 3 N–H and O–H groups in total. The molecule has 1 atom stereocenters. The van der Waals surface area contributed by atoms with Crippen molar-refractivity contribution in [3.8, 4) is 0 Å².